The second kappa shape index (κ2) is 12.5. The lowest BCUT2D eigenvalue weighted by Crippen LogP contribution is -1.96. The van der Waals surface area contributed by atoms with Crippen molar-refractivity contribution in [2.24, 2.45) is 0 Å². The number of para-hydroxylation sites is 2. The molecule has 57 heavy (non-hydrogen) atoms. The predicted octanol–water partition coefficient (Wildman–Crippen LogP) is 14.8. The summed E-state index contributed by atoms with van der Waals surface area (Å²) >= 11 is 0. The number of fused-ring (bicyclic) bond motifs is 9. The minimum absolute atomic E-state index is 0.0251. The summed E-state index contributed by atoms with van der Waals surface area (Å²) in [6.07, 6.45) is 0. The minimum Gasteiger partial charge on any atom is -0.456 e. The van der Waals surface area contributed by atoms with Crippen molar-refractivity contribution in [2.75, 3.05) is 0 Å². The molecular formula is C54H34N2O. The van der Waals surface area contributed by atoms with Gasteiger partial charge in [0, 0.05) is 43.7 Å². The number of aromatic nitrogens is 2. The van der Waals surface area contributed by atoms with Crippen molar-refractivity contribution in [3.63, 3.8) is 0 Å². The van der Waals surface area contributed by atoms with Crippen LogP contribution in [0, 0.1) is 0 Å². The Bertz CT molecular complexity index is 4610. The first kappa shape index (κ1) is 18.3. The summed E-state index contributed by atoms with van der Waals surface area (Å²) in [5.74, 6) is 0. The van der Waals surface area contributed by atoms with Crippen LogP contribution in [0.15, 0.2) is 210 Å². The van der Waals surface area contributed by atoms with E-state index in [4.69, 9.17) is 16.8 Å². The van der Waals surface area contributed by atoms with E-state index in [0.717, 1.165) is 4.57 Å². The molecule has 12 rings (SSSR count). The van der Waals surface area contributed by atoms with E-state index in [1.807, 2.05) is 30.3 Å². The summed E-state index contributed by atoms with van der Waals surface area (Å²) in [7, 11) is 0. The SMILES string of the molecule is [2H]c1c([2H])c([2H])c(-c2cccc3oc4ccc(-n5c6c([2H])c([2H])c([2H])c([2H])c6c6c([2H])c(-n7c8c([2H])c([2H])c([2H])c([2H])c8c8c(-c9ccccc9-c9ccccc9)c([2H])c([2H])c([2H])c87)c([2H])c([2H])c65)cc4c23)c([2H])c1[2H]. The van der Waals surface area contributed by atoms with Gasteiger partial charge in [0.15, 0.2) is 0 Å². The summed E-state index contributed by atoms with van der Waals surface area (Å²) < 4.78 is 183. The third kappa shape index (κ3) is 4.79. The van der Waals surface area contributed by atoms with Crippen molar-refractivity contribution in [3.05, 3.63) is 206 Å². The van der Waals surface area contributed by atoms with Gasteiger partial charge in [0.1, 0.15) is 11.2 Å². The van der Waals surface area contributed by atoms with Crippen molar-refractivity contribution in [2.45, 2.75) is 0 Å². The molecule has 0 radical (unpaired) electrons. The van der Waals surface area contributed by atoms with Crippen LogP contribution in [0.25, 0.3) is 110 Å². The molecule has 12 aromatic rings. The van der Waals surface area contributed by atoms with Gasteiger partial charge >= 0.3 is 0 Å². The first-order valence-corrected chi connectivity index (χ1v) is 18.0. The first-order valence-electron chi connectivity index (χ1n) is 27.5. The van der Waals surface area contributed by atoms with Crippen LogP contribution in [0.5, 0.6) is 0 Å². The maximum Gasteiger partial charge on any atom is 0.136 e. The van der Waals surface area contributed by atoms with Gasteiger partial charge in [0.05, 0.1) is 48.1 Å². The van der Waals surface area contributed by atoms with Crippen LogP contribution in [-0.2, 0) is 0 Å². The van der Waals surface area contributed by atoms with E-state index in [-0.39, 0.29) is 77.2 Å². The molecule has 0 aliphatic carbocycles. The fourth-order valence-corrected chi connectivity index (χ4v) is 7.99. The lowest BCUT2D eigenvalue weighted by molar-refractivity contribution is 0.669. The lowest BCUT2D eigenvalue weighted by atomic mass is 9.92. The third-order valence-electron chi connectivity index (χ3n) is 10.4. The zero-order valence-corrected chi connectivity index (χ0v) is 29.5. The summed E-state index contributed by atoms with van der Waals surface area (Å²) in [5.41, 5.74) is 0.912. The van der Waals surface area contributed by atoms with E-state index in [0.29, 0.717) is 27.5 Å². The number of hydrogen-bond donors (Lipinski definition) is 0. The van der Waals surface area contributed by atoms with Gasteiger partial charge in [-0.2, -0.15) is 0 Å². The molecule has 0 amide bonds. The fourth-order valence-electron chi connectivity index (χ4n) is 7.99. The highest BCUT2D eigenvalue weighted by molar-refractivity contribution is 6.18. The van der Waals surface area contributed by atoms with Gasteiger partial charge in [-0.3, -0.25) is 0 Å². The van der Waals surface area contributed by atoms with Crippen LogP contribution in [0.2, 0.25) is 0 Å². The van der Waals surface area contributed by atoms with Crippen molar-refractivity contribution in [3.8, 4) is 44.8 Å². The average Bonchev–Trinajstić information content (AvgIpc) is 4.10. The highest BCUT2D eigenvalue weighted by Crippen LogP contribution is 2.43. The molecule has 0 unspecified atom stereocenters. The number of furan rings is 1. The largest absolute Gasteiger partial charge is 0.456 e. The Morgan fingerprint density at radius 3 is 1.91 bits per heavy atom. The zero-order chi connectivity index (χ0) is 54.0. The Hall–Kier alpha value is -7.62. The van der Waals surface area contributed by atoms with Gasteiger partial charge in [-0.05, 0) is 93.9 Å². The second-order valence-electron chi connectivity index (χ2n) is 13.4. The topological polar surface area (TPSA) is 23.0 Å². The van der Waals surface area contributed by atoms with Gasteiger partial charge < -0.3 is 13.6 Å². The second-order valence-corrected chi connectivity index (χ2v) is 13.4. The Balaban J connectivity index is 1.24. The molecule has 3 heteroatoms. The van der Waals surface area contributed by atoms with Crippen LogP contribution in [0.3, 0.4) is 0 Å². The highest BCUT2D eigenvalue weighted by atomic mass is 16.3. The smallest absolute Gasteiger partial charge is 0.136 e. The van der Waals surface area contributed by atoms with E-state index in [9.17, 15) is 13.7 Å². The lowest BCUT2D eigenvalue weighted by Gasteiger charge is -2.13. The van der Waals surface area contributed by atoms with Crippen LogP contribution < -0.4 is 0 Å². The monoisotopic (exact) mass is 745 g/mol. The molecule has 0 saturated heterocycles. The molecule has 9 aromatic carbocycles. The number of nitrogens with zero attached hydrogens (tertiary/aromatic N) is 2. The van der Waals surface area contributed by atoms with Crippen LogP contribution in [0.1, 0.15) is 26.0 Å². The Kier molecular flexibility index (Phi) is 4.01. The molecule has 3 nitrogen and oxygen atoms in total. The standard InChI is InChI=1S/C54H34N2O/c1-3-15-35(16-4-1)39-19-7-8-20-41(39)43-24-13-27-50-53(43)44-22-10-12-26-48(44)56(50)37-29-31-49-45(33-37)42-21-9-11-25-47(42)55(49)38-30-32-51-46(34-38)54-40(23-14-28-52(54)57-51)36-17-5-2-6-18-36/h1-34H/i2D,5D,6D,9D,10D,11D,12D,13D,17D,18D,21D,22D,24D,25D,26D,27D,29D,31D,33D. The molecule has 0 fully saturated rings. The van der Waals surface area contributed by atoms with Gasteiger partial charge in [-0.15, -0.1) is 0 Å². The molecule has 0 aliphatic heterocycles. The summed E-state index contributed by atoms with van der Waals surface area (Å²) in [6.45, 7) is 0. The van der Waals surface area contributed by atoms with E-state index >= 15 is 0 Å². The molecule has 0 spiro atoms. The van der Waals surface area contributed by atoms with Gasteiger partial charge in [-0.25, -0.2) is 0 Å². The van der Waals surface area contributed by atoms with Gasteiger partial charge in [-0.1, -0.05) is 145 Å². The summed E-state index contributed by atoms with van der Waals surface area (Å²) in [5, 5.41) is -0.116. The Labute approximate surface area is 355 Å². The maximum absolute atomic E-state index is 10.2. The van der Waals surface area contributed by atoms with Crippen LogP contribution >= 0.6 is 0 Å². The van der Waals surface area contributed by atoms with E-state index in [1.165, 1.54) is 10.6 Å². The molecule has 0 atom stereocenters. The predicted molar refractivity (Wildman–Crippen MR) is 239 cm³/mol. The van der Waals surface area contributed by atoms with Crippen molar-refractivity contribution in [1.29, 1.82) is 0 Å². The minimum atomic E-state index is -0.728. The molecule has 3 aromatic heterocycles. The Morgan fingerprint density at radius 1 is 0.368 bits per heavy atom. The van der Waals surface area contributed by atoms with E-state index < -0.39 is 120 Å². The van der Waals surface area contributed by atoms with E-state index in [2.05, 4.69) is 0 Å². The van der Waals surface area contributed by atoms with Gasteiger partial charge in [0.25, 0.3) is 0 Å². The summed E-state index contributed by atoms with van der Waals surface area (Å²) in [4.78, 5) is 0. The number of rotatable bonds is 5. The molecule has 0 saturated carbocycles. The number of hydrogen-bond acceptors (Lipinski definition) is 1. The third-order valence-corrected chi connectivity index (χ3v) is 10.4. The Morgan fingerprint density at radius 2 is 1.05 bits per heavy atom. The molecule has 3 heterocycles. The first-order chi connectivity index (χ1) is 36.2. The van der Waals surface area contributed by atoms with Crippen LogP contribution in [0.4, 0.5) is 0 Å². The molecule has 0 aliphatic rings. The van der Waals surface area contributed by atoms with E-state index in [1.54, 1.807) is 54.6 Å². The summed E-state index contributed by atoms with van der Waals surface area (Å²) in [6, 6.07) is 14.0. The zero-order valence-electron chi connectivity index (χ0n) is 48.5. The number of benzene rings is 9. The molecular weight excluding hydrogens is 693 g/mol. The molecule has 266 valence electrons. The average molecular weight is 746 g/mol. The van der Waals surface area contributed by atoms with Crippen molar-refractivity contribution in [1.82, 2.24) is 9.13 Å². The molecule has 0 N–H and O–H groups in total. The molecule has 0 bridgehead atoms. The van der Waals surface area contributed by atoms with Crippen LogP contribution in [-0.4, -0.2) is 9.13 Å². The maximum atomic E-state index is 10.2. The van der Waals surface area contributed by atoms with Crippen molar-refractivity contribution >= 4 is 65.6 Å². The fraction of sp³-hybridized carbons (Fsp3) is 0. The van der Waals surface area contributed by atoms with Gasteiger partial charge in [0.2, 0.25) is 0 Å². The quantitative estimate of drug-likeness (QED) is 0.172. The highest BCUT2D eigenvalue weighted by Gasteiger charge is 2.20. The normalized spacial score (nSPS) is 16.5. The van der Waals surface area contributed by atoms with Crippen molar-refractivity contribution < 1.29 is 30.5 Å².